The van der Waals surface area contributed by atoms with Gasteiger partial charge in [-0.15, -0.1) is 0 Å². The summed E-state index contributed by atoms with van der Waals surface area (Å²) < 4.78 is 5.52. The molecule has 0 aliphatic heterocycles. The predicted octanol–water partition coefficient (Wildman–Crippen LogP) is 2.54. The average molecular weight is 194 g/mol. The molecule has 3 unspecified atom stereocenters. The van der Waals surface area contributed by atoms with Gasteiger partial charge in [0, 0.05) is 5.92 Å². The Morgan fingerprint density at radius 2 is 2.00 bits per heavy atom. The zero-order valence-electron chi connectivity index (χ0n) is 9.12. The molecule has 0 aromatic rings. The summed E-state index contributed by atoms with van der Waals surface area (Å²) in [7, 11) is 0. The highest BCUT2D eigenvalue weighted by atomic mass is 16.5. The number of carbonyl (C=O) groups is 1. The van der Waals surface area contributed by atoms with E-state index in [9.17, 15) is 4.79 Å². The molecule has 0 saturated heterocycles. The Hall–Kier alpha value is -0.790. The first kappa shape index (κ1) is 9.75. The lowest BCUT2D eigenvalue weighted by Crippen LogP contribution is -2.30. The summed E-state index contributed by atoms with van der Waals surface area (Å²) in [4.78, 5) is 11.7. The molecule has 2 heteroatoms. The standard InChI is InChI=1S/C12H18O2/c1-12(2,3)11(13)14-10-7-8-4-5-9(10)6-8/h4-5,8-10H,6-7H2,1-3H3. The second kappa shape index (κ2) is 3.11. The number of ether oxygens (including phenoxy) is 1. The fourth-order valence-electron chi connectivity index (χ4n) is 2.18. The fraction of sp³-hybridized carbons (Fsp3) is 0.750. The molecule has 0 N–H and O–H groups in total. The van der Waals surface area contributed by atoms with Gasteiger partial charge in [-0.05, 0) is 39.5 Å². The van der Waals surface area contributed by atoms with E-state index in [-0.39, 0.29) is 17.5 Å². The van der Waals surface area contributed by atoms with Crippen molar-refractivity contribution >= 4 is 5.97 Å². The average Bonchev–Trinajstić information content (AvgIpc) is 2.62. The summed E-state index contributed by atoms with van der Waals surface area (Å²) in [6, 6.07) is 0. The lowest BCUT2D eigenvalue weighted by molar-refractivity contribution is -0.159. The minimum atomic E-state index is -0.369. The number of rotatable bonds is 1. The van der Waals surface area contributed by atoms with E-state index in [1.165, 1.54) is 6.42 Å². The zero-order chi connectivity index (χ0) is 10.3. The normalized spacial score (nSPS) is 34.9. The molecule has 1 saturated carbocycles. The third kappa shape index (κ3) is 1.70. The number of allylic oxidation sites excluding steroid dienone is 1. The number of hydrogen-bond acceptors (Lipinski definition) is 2. The van der Waals surface area contributed by atoms with Crippen molar-refractivity contribution in [2.75, 3.05) is 0 Å². The van der Waals surface area contributed by atoms with Crippen LogP contribution in [0.5, 0.6) is 0 Å². The maximum atomic E-state index is 11.7. The molecule has 0 aromatic heterocycles. The van der Waals surface area contributed by atoms with Crippen molar-refractivity contribution < 1.29 is 9.53 Å². The third-order valence-electron chi connectivity index (χ3n) is 3.09. The van der Waals surface area contributed by atoms with Crippen LogP contribution >= 0.6 is 0 Å². The molecule has 1 fully saturated rings. The lowest BCUT2D eigenvalue weighted by atomic mass is 9.96. The van der Waals surface area contributed by atoms with Crippen LogP contribution in [0.15, 0.2) is 12.2 Å². The monoisotopic (exact) mass is 194 g/mol. The summed E-state index contributed by atoms with van der Waals surface area (Å²) in [5.41, 5.74) is -0.369. The van der Waals surface area contributed by atoms with Gasteiger partial charge in [-0.25, -0.2) is 0 Å². The highest BCUT2D eigenvalue weighted by molar-refractivity contribution is 5.75. The summed E-state index contributed by atoms with van der Waals surface area (Å²) in [5.74, 6) is 1.09. The van der Waals surface area contributed by atoms with Gasteiger partial charge in [0.1, 0.15) is 6.10 Å². The van der Waals surface area contributed by atoms with Crippen LogP contribution in [0.1, 0.15) is 33.6 Å². The molecule has 2 bridgehead atoms. The van der Waals surface area contributed by atoms with Crippen molar-refractivity contribution in [3.05, 3.63) is 12.2 Å². The first-order valence-corrected chi connectivity index (χ1v) is 5.36. The molecule has 0 amide bonds. The van der Waals surface area contributed by atoms with Crippen molar-refractivity contribution in [1.29, 1.82) is 0 Å². The Bertz CT molecular complexity index is 273. The van der Waals surface area contributed by atoms with Crippen molar-refractivity contribution in [2.45, 2.75) is 39.7 Å². The first-order valence-electron chi connectivity index (χ1n) is 5.36. The van der Waals surface area contributed by atoms with E-state index in [4.69, 9.17) is 4.74 Å². The SMILES string of the molecule is CC(C)(C)C(=O)OC1CC2C=CC1C2. The van der Waals surface area contributed by atoms with Crippen LogP contribution in [0.4, 0.5) is 0 Å². The highest BCUT2D eigenvalue weighted by Crippen LogP contribution is 2.41. The molecule has 2 aliphatic rings. The van der Waals surface area contributed by atoms with Crippen LogP contribution in [-0.2, 0) is 9.53 Å². The molecule has 78 valence electrons. The van der Waals surface area contributed by atoms with Gasteiger partial charge in [-0.2, -0.15) is 0 Å². The summed E-state index contributed by atoms with van der Waals surface area (Å²) >= 11 is 0. The molecule has 0 radical (unpaired) electrons. The van der Waals surface area contributed by atoms with Gasteiger partial charge in [0.2, 0.25) is 0 Å². The second-order valence-corrected chi connectivity index (χ2v) is 5.47. The smallest absolute Gasteiger partial charge is 0.311 e. The van der Waals surface area contributed by atoms with Crippen molar-refractivity contribution in [2.24, 2.45) is 17.3 Å². The molecule has 3 atom stereocenters. The van der Waals surface area contributed by atoms with Crippen molar-refractivity contribution in [3.8, 4) is 0 Å². The van der Waals surface area contributed by atoms with Gasteiger partial charge in [0.05, 0.1) is 5.41 Å². The van der Waals surface area contributed by atoms with Crippen LogP contribution in [0, 0.1) is 17.3 Å². The van der Waals surface area contributed by atoms with Gasteiger partial charge < -0.3 is 4.74 Å². The van der Waals surface area contributed by atoms with Crippen LogP contribution < -0.4 is 0 Å². The van der Waals surface area contributed by atoms with Crippen LogP contribution in [0.25, 0.3) is 0 Å². The van der Waals surface area contributed by atoms with E-state index >= 15 is 0 Å². The quantitative estimate of drug-likeness (QED) is 0.473. The molecule has 2 nitrogen and oxygen atoms in total. The maximum Gasteiger partial charge on any atom is 0.311 e. The molecular formula is C12H18O2. The van der Waals surface area contributed by atoms with Crippen LogP contribution in [-0.4, -0.2) is 12.1 Å². The Balaban J connectivity index is 1.94. The third-order valence-corrected chi connectivity index (χ3v) is 3.09. The summed E-state index contributed by atoms with van der Waals surface area (Å²) in [6.07, 6.45) is 6.82. The Morgan fingerprint density at radius 3 is 2.43 bits per heavy atom. The first-order chi connectivity index (χ1) is 6.47. The van der Waals surface area contributed by atoms with Gasteiger partial charge >= 0.3 is 5.97 Å². The van der Waals surface area contributed by atoms with E-state index in [0.717, 1.165) is 6.42 Å². The predicted molar refractivity (Wildman–Crippen MR) is 54.7 cm³/mol. The molecule has 2 aliphatic carbocycles. The largest absolute Gasteiger partial charge is 0.461 e. The number of esters is 1. The molecule has 0 aromatic carbocycles. The Labute approximate surface area is 85.3 Å². The zero-order valence-corrected chi connectivity index (χ0v) is 9.12. The van der Waals surface area contributed by atoms with Crippen LogP contribution in [0.2, 0.25) is 0 Å². The van der Waals surface area contributed by atoms with E-state index in [1.807, 2.05) is 20.8 Å². The van der Waals surface area contributed by atoms with Gasteiger partial charge in [0.15, 0.2) is 0 Å². The van der Waals surface area contributed by atoms with E-state index in [0.29, 0.717) is 11.8 Å². The minimum absolute atomic E-state index is 0.0662. The Kier molecular flexibility index (Phi) is 2.17. The van der Waals surface area contributed by atoms with Crippen molar-refractivity contribution in [3.63, 3.8) is 0 Å². The molecule has 0 spiro atoms. The number of hydrogen-bond donors (Lipinski definition) is 0. The van der Waals surface area contributed by atoms with Gasteiger partial charge in [-0.3, -0.25) is 4.79 Å². The summed E-state index contributed by atoms with van der Waals surface area (Å²) in [5, 5.41) is 0. The number of fused-ring (bicyclic) bond motifs is 2. The molecule has 14 heavy (non-hydrogen) atoms. The minimum Gasteiger partial charge on any atom is -0.461 e. The Morgan fingerprint density at radius 1 is 1.29 bits per heavy atom. The van der Waals surface area contributed by atoms with Gasteiger partial charge in [-0.1, -0.05) is 12.2 Å². The van der Waals surface area contributed by atoms with Gasteiger partial charge in [0.25, 0.3) is 0 Å². The summed E-state index contributed by atoms with van der Waals surface area (Å²) in [6.45, 7) is 5.70. The lowest BCUT2D eigenvalue weighted by Gasteiger charge is -2.24. The van der Waals surface area contributed by atoms with E-state index in [1.54, 1.807) is 0 Å². The van der Waals surface area contributed by atoms with E-state index < -0.39 is 0 Å². The molecule has 2 rings (SSSR count). The second-order valence-electron chi connectivity index (χ2n) is 5.47. The maximum absolute atomic E-state index is 11.7. The van der Waals surface area contributed by atoms with Crippen molar-refractivity contribution in [1.82, 2.24) is 0 Å². The van der Waals surface area contributed by atoms with E-state index in [2.05, 4.69) is 12.2 Å². The topological polar surface area (TPSA) is 26.3 Å². The number of carbonyl (C=O) groups excluding carboxylic acids is 1. The molecule has 0 heterocycles. The fourth-order valence-corrected chi connectivity index (χ4v) is 2.18. The highest BCUT2D eigenvalue weighted by Gasteiger charge is 2.39. The molecular weight excluding hydrogens is 176 g/mol. The van der Waals surface area contributed by atoms with Crippen LogP contribution in [0.3, 0.4) is 0 Å².